The number of hydrogen-bond donors (Lipinski definition) is 3. The van der Waals surface area contributed by atoms with Crippen molar-refractivity contribution < 1.29 is 37.0 Å². The summed E-state index contributed by atoms with van der Waals surface area (Å²) in [6.45, 7) is 3.60. The van der Waals surface area contributed by atoms with E-state index in [-0.39, 0.29) is 23.6 Å². The topological polar surface area (TPSA) is 102 Å². The van der Waals surface area contributed by atoms with Crippen LogP contribution in [0, 0.1) is 17.7 Å². The van der Waals surface area contributed by atoms with Gasteiger partial charge in [-0.05, 0) is 61.1 Å². The van der Waals surface area contributed by atoms with Crippen molar-refractivity contribution in [3.05, 3.63) is 29.6 Å². The Labute approximate surface area is 184 Å². The number of benzene rings is 1. The Hall–Kier alpha value is -2.20. The number of carboxylic acids is 1. The van der Waals surface area contributed by atoms with Crippen LogP contribution < -0.4 is 11.1 Å². The molecule has 3 rings (SSSR count). The summed E-state index contributed by atoms with van der Waals surface area (Å²) in [5.74, 6) is -2.08. The number of nitrogens with one attached hydrogen (secondary N) is 1. The van der Waals surface area contributed by atoms with Crippen molar-refractivity contribution in [2.45, 2.75) is 63.6 Å². The van der Waals surface area contributed by atoms with Gasteiger partial charge in [-0.1, -0.05) is 25.8 Å². The van der Waals surface area contributed by atoms with Crippen LogP contribution in [0.1, 0.15) is 56.9 Å². The molecule has 32 heavy (non-hydrogen) atoms. The van der Waals surface area contributed by atoms with Crippen LogP contribution in [0.5, 0.6) is 0 Å². The number of amides is 1. The molecule has 2 fully saturated rings. The van der Waals surface area contributed by atoms with Gasteiger partial charge in [-0.25, -0.2) is 9.18 Å². The highest BCUT2D eigenvalue weighted by molar-refractivity contribution is 5.94. The standard InChI is InChI=1S/C20H29FN2O2.C2HF3O2/c1-13-2-4-15(5-3-13)19(22)20(24)23-16-6-7-17(18(21)12-16)14-8-10-25-11-9-14;3-2(4,5)1(6)7/h6-7,12-15,19H,2-5,8-11,22H2,1H3,(H,23,24);(H,6,7)/t13-,15-,19-;/m0./s1. The average molecular weight is 462 g/mol. The van der Waals surface area contributed by atoms with Crippen molar-refractivity contribution in [2.24, 2.45) is 17.6 Å². The number of carbonyl (C=O) groups excluding carboxylic acids is 1. The summed E-state index contributed by atoms with van der Waals surface area (Å²) in [6.07, 6.45) is 0.834. The molecule has 1 aliphatic carbocycles. The van der Waals surface area contributed by atoms with Crippen molar-refractivity contribution in [3.8, 4) is 0 Å². The molecule has 0 radical (unpaired) electrons. The van der Waals surface area contributed by atoms with Gasteiger partial charge in [0, 0.05) is 18.9 Å². The van der Waals surface area contributed by atoms with Crippen LogP contribution in [0.2, 0.25) is 0 Å². The highest BCUT2D eigenvalue weighted by Crippen LogP contribution is 2.32. The number of rotatable bonds is 4. The largest absolute Gasteiger partial charge is 0.490 e. The number of carboxylic acid groups (broad SMARTS) is 1. The Morgan fingerprint density at radius 1 is 1.12 bits per heavy atom. The molecule has 1 atom stereocenters. The van der Waals surface area contributed by atoms with E-state index in [1.807, 2.05) is 0 Å². The first-order chi connectivity index (χ1) is 15.0. The number of halogens is 4. The maximum Gasteiger partial charge on any atom is 0.490 e. The molecule has 1 aromatic carbocycles. The van der Waals surface area contributed by atoms with Gasteiger partial charge < -0.3 is 20.9 Å². The second-order valence-electron chi connectivity index (χ2n) is 8.46. The fourth-order valence-corrected chi connectivity index (χ4v) is 4.03. The Morgan fingerprint density at radius 3 is 2.19 bits per heavy atom. The van der Waals surface area contributed by atoms with Crippen LogP contribution in [0.4, 0.5) is 23.2 Å². The molecule has 0 bridgehead atoms. The lowest BCUT2D eigenvalue weighted by Crippen LogP contribution is -2.43. The molecule has 1 heterocycles. The number of ether oxygens (including phenoxy) is 1. The van der Waals surface area contributed by atoms with Gasteiger partial charge in [0.25, 0.3) is 0 Å². The van der Waals surface area contributed by atoms with Crippen LogP contribution >= 0.6 is 0 Å². The molecule has 180 valence electrons. The zero-order valence-corrected chi connectivity index (χ0v) is 18.0. The number of alkyl halides is 3. The van der Waals surface area contributed by atoms with Crippen molar-refractivity contribution in [3.63, 3.8) is 0 Å². The van der Waals surface area contributed by atoms with E-state index in [0.29, 0.717) is 24.5 Å². The molecule has 10 heteroatoms. The molecule has 0 spiro atoms. The van der Waals surface area contributed by atoms with Gasteiger partial charge in [-0.15, -0.1) is 0 Å². The van der Waals surface area contributed by atoms with E-state index in [1.165, 1.54) is 6.07 Å². The molecule has 0 aromatic heterocycles. The van der Waals surface area contributed by atoms with E-state index in [4.69, 9.17) is 20.4 Å². The Kier molecular flexibility index (Phi) is 9.45. The molecule has 4 N–H and O–H groups in total. The maximum atomic E-state index is 14.5. The van der Waals surface area contributed by atoms with E-state index >= 15 is 0 Å². The number of aliphatic carboxylic acids is 1. The van der Waals surface area contributed by atoms with E-state index in [1.54, 1.807) is 12.1 Å². The van der Waals surface area contributed by atoms with Crippen LogP contribution in [0.15, 0.2) is 18.2 Å². The van der Waals surface area contributed by atoms with Gasteiger partial charge in [0.15, 0.2) is 0 Å². The van der Waals surface area contributed by atoms with Crippen LogP contribution in [0.25, 0.3) is 0 Å². The Balaban J connectivity index is 0.000000451. The fraction of sp³-hybridized carbons (Fsp3) is 0.636. The lowest BCUT2D eigenvalue weighted by molar-refractivity contribution is -0.192. The minimum absolute atomic E-state index is 0.199. The first kappa shape index (κ1) is 26.1. The molecule has 1 aromatic rings. The second-order valence-corrected chi connectivity index (χ2v) is 8.46. The predicted octanol–water partition coefficient (Wildman–Crippen LogP) is 4.45. The molecule has 1 amide bonds. The summed E-state index contributed by atoms with van der Waals surface area (Å²) in [6, 6.07) is 4.46. The summed E-state index contributed by atoms with van der Waals surface area (Å²) < 4.78 is 51.5. The predicted molar refractivity (Wildman–Crippen MR) is 111 cm³/mol. The molecular weight excluding hydrogens is 432 g/mol. The Bertz CT molecular complexity index is 774. The third kappa shape index (κ3) is 7.74. The van der Waals surface area contributed by atoms with Crippen LogP contribution in [-0.4, -0.2) is 42.4 Å². The van der Waals surface area contributed by atoms with Gasteiger partial charge in [0.1, 0.15) is 5.82 Å². The first-order valence-corrected chi connectivity index (χ1v) is 10.7. The zero-order chi connectivity index (χ0) is 23.9. The highest BCUT2D eigenvalue weighted by atomic mass is 19.4. The summed E-state index contributed by atoms with van der Waals surface area (Å²) >= 11 is 0. The molecular formula is C22H30F4N2O4. The Morgan fingerprint density at radius 2 is 1.69 bits per heavy atom. The molecule has 0 unspecified atom stereocenters. The molecule has 1 saturated heterocycles. The fourth-order valence-electron chi connectivity index (χ4n) is 4.03. The summed E-state index contributed by atoms with van der Waals surface area (Å²) in [4.78, 5) is 21.3. The molecule has 1 saturated carbocycles. The monoisotopic (exact) mass is 462 g/mol. The smallest absolute Gasteiger partial charge is 0.475 e. The molecule has 1 aliphatic heterocycles. The SMILES string of the molecule is C[C@H]1CC[C@H]([C@H](N)C(=O)Nc2ccc(C3CCOCC3)c(F)c2)CC1.O=C(O)C(F)(F)F. The van der Waals surface area contributed by atoms with Crippen LogP contribution in [0.3, 0.4) is 0 Å². The van der Waals surface area contributed by atoms with Crippen molar-refractivity contribution >= 4 is 17.6 Å². The van der Waals surface area contributed by atoms with Crippen molar-refractivity contribution in [1.82, 2.24) is 0 Å². The minimum Gasteiger partial charge on any atom is -0.475 e. The van der Waals surface area contributed by atoms with E-state index in [9.17, 15) is 22.4 Å². The van der Waals surface area contributed by atoms with Gasteiger partial charge >= 0.3 is 12.1 Å². The number of nitrogens with two attached hydrogens (primary N) is 1. The van der Waals surface area contributed by atoms with Crippen LogP contribution in [-0.2, 0) is 14.3 Å². The highest BCUT2D eigenvalue weighted by Gasteiger charge is 2.38. The third-order valence-corrected chi connectivity index (χ3v) is 6.04. The third-order valence-electron chi connectivity index (χ3n) is 6.04. The normalized spacial score (nSPS) is 22.9. The number of anilines is 1. The van der Waals surface area contributed by atoms with Crippen molar-refractivity contribution in [1.29, 1.82) is 0 Å². The quantitative estimate of drug-likeness (QED) is 0.574. The summed E-state index contributed by atoms with van der Waals surface area (Å²) in [5, 5.41) is 9.92. The molecule has 2 aliphatic rings. The van der Waals surface area contributed by atoms with Gasteiger partial charge in [-0.3, -0.25) is 4.79 Å². The molecule has 6 nitrogen and oxygen atoms in total. The lowest BCUT2D eigenvalue weighted by atomic mass is 9.79. The van der Waals surface area contributed by atoms with Crippen molar-refractivity contribution in [2.75, 3.05) is 18.5 Å². The van der Waals surface area contributed by atoms with E-state index < -0.39 is 18.2 Å². The zero-order valence-electron chi connectivity index (χ0n) is 18.0. The summed E-state index contributed by atoms with van der Waals surface area (Å²) in [5.41, 5.74) is 7.35. The maximum absolute atomic E-state index is 14.5. The average Bonchev–Trinajstić information content (AvgIpc) is 2.74. The van der Waals surface area contributed by atoms with Gasteiger partial charge in [0.05, 0.1) is 6.04 Å². The minimum atomic E-state index is -5.08. The van der Waals surface area contributed by atoms with Gasteiger partial charge in [-0.2, -0.15) is 13.2 Å². The first-order valence-electron chi connectivity index (χ1n) is 10.7. The number of carbonyl (C=O) groups is 2. The second kappa shape index (κ2) is 11.6. The summed E-state index contributed by atoms with van der Waals surface area (Å²) in [7, 11) is 0. The number of hydrogen-bond acceptors (Lipinski definition) is 4. The van der Waals surface area contributed by atoms with E-state index in [2.05, 4.69) is 12.2 Å². The van der Waals surface area contributed by atoms with Gasteiger partial charge in [0.2, 0.25) is 5.91 Å². The van der Waals surface area contributed by atoms with E-state index in [0.717, 1.165) is 44.4 Å². The lowest BCUT2D eigenvalue weighted by Gasteiger charge is -2.29.